The molecule has 0 atom stereocenters. The SMILES string of the molecule is CC(C)(CCC(=O)O)NC(=O)NCCN1CCOCC1. The molecular weight excluding hydrogens is 262 g/mol. The van der Waals surface area contributed by atoms with Crippen molar-refractivity contribution in [3.05, 3.63) is 0 Å². The van der Waals surface area contributed by atoms with Crippen molar-refractivity contribution >= 4 is 12.0 Å². The molecule has 1 rings (SSSR count). The second kappa shape index (κ2) is 8.06. The van der Waals surface area contributed by atoms with Crippen LogP contribution in [0.5, 0.6) is 0 Å². The number of nitrogens with one attached hydrogen (secondary N) is 2. The number of carbonyl (C=O) groups excluding carboxylic acids is 1. The van der Waals surface area contributed by atoms with Crippen molar-refractivity contribution in [1.29, 1.82) is 0 Å². The Kier molecular flexibility index (Phi) is 6.74. The van der Waals surface area contributed by atoms with Crippen molar-refractivity contribution in [2.75, 3.05) is 39.4 Å². The zero-order valence-electron chi connectivity index (χ0n) is 12.3. The highest BCUT2D eigenvalue weighted by atomic mass is 16.5. The van der Waals surface area contributed by atoms with Crippen LogP contribution in [0.25, 0.3) is 0 Å². The summed E-state index contributed by atoms with van der Waals surface area (Å²) in [4.78, 5) is 24.5. The highest BCUT2D eigenvalue weighted by Gasteiger charge is 2.21. The third-order valence-electron chi connectivity index (χ3n) is 3.23. The van der Waals surface area contributed by atoms with E-state index in [4.69, 9.17) is 9.84 Å². The predicted molar refractivity (Wildman–Crippen MR) is 74.7 cm³/mol. The Morgan fingerprint density at radius 1 is 1.30 bits per heavy atom. The van der Waals surface area contributed by atoms with E-state index in [2.05, 4.69) is 15.5 Å². The van der Waals surface area contributed by atoms with Gasteiger partial charge in [0.1, 0.15) is 0 Å². The number of amides is 2. The van der Waals surface area contributed by atoms with Crippen LogP contribution in [0.3, 0.4) is 0 Å². The molecule has 7 nitrogen and oxygen atoms in total. The molecule has 116 valence electrons. The molecule has 0 aliphatic carbocycles. The first-order valence-electron chi connectivity index (χ1n) is 6.97. The number of urea groups is 1. The number of carbonyl (C=O) groups is 2. The number of carboxylic acid groups (broad SMARTS) is 1. The lowest BCUT2D eigenvalue weighted by atomic mass is 9.99. The molecular formula is C13H25N3O4. The number of rotatable bonds is 7. The molecule has 0 bridgehead atoms. The fraction of sp³-hybridized carbons (Fsp3) is 0.846. The zero-order valence-corrected chi connectivity index (χ0v) is 12.3. The molecule has 1 fully saturated rings. The van der Waals surface area contributed by atoms with Crippen LogP contribution < -0.4 is 10.6 Å². The molecule has 7 heteroatoms. The predicted octanol–water partition coefficient (Wildman–Crippen LogP) is 0.261. The smallest absolute Gasteiger partial charge is 0.315 e. The van der Waals surface area contributed by atoms with Gasteiger partial charge < -0.3 is 20.5 Å². The number of aliphatic carboxylic acids is 1. The van der Waals surface area contributed by atoms with Crippen LogP contribution in [0.4, 0.5) is 4.79 Å². The topological polar surface area (TPSA) is 90.9 Å². The van der Waals surface area contributed by atoms with E-state index in [1.807, 2.05) is 13.8 Å². The molecule has 3 N–H and O–H groups in total. The van der Waals surface area contributed by atoms with E-state index in [0.717, 1.165) is 32.8 Å². The Hall–Kier alpha value is -1.34. The zero-order chi connectivity index (χ0) is 15.0. The molecule has 0 aromatic carbocycles. The van der Waals surface area contributed by atoms with Gasteiger partial charge in [-0.2, -0.15) is 0 Å². The van der Waals surface area contributed by atoms with E-state index in [1.54, 1.807) is 0 Å². The minimum atomic E-state index is -0.854. The second-order valence-corrected chi connectivity index (χ2v) is 5.61. The number of hydrogen-bond donors (Lipinski definition) is 3. The van der Waals surface area contributed by atoms with Gasteiger partial charge in [0.15, 0.2) is 0 Å². The van der Waals surface area contributed by atoms with Crippen molar-refractivity contribution in [3.8, 4) is 0 Å². The normalized spacial score (nSPS) is 16.7. The van der Waals surface area contributed by atoms with Crippen LogP contribution in [0.2, 0.25) is 0 Å². The molecule has 2 amide bonds. The summed E-state index contributed by atoms with van der Waals surface area (Å²) in [5, 5.41) is 14.2. The quantitative estimate of drug-likeness (QED) is 0.625. The third kappa shape index (κ3) is 7.30. The summed E-state index contributed by atoms with van der Waals surface area (Å²) in [5.41, 5.74) is -0.526. The maximum absolute atomic E-state index is 11.7. The van der Waals surface area contributed by atoms with Crippen LogP contribution in [0.15, 0.2) is 0 Å². The van der Waals surface area contributed by atoms with Gasteiger partial charge in [-0.3, -0.25) is 9.69 Å². The number of hydrogen-bond acceptors (Lipinski definition) is 4. The van der Waals surface area contributed by atoms with Crippen molar-refractivity contribution in [2.45, 2.75) is 32.2 Å². The molecule has 1 aliphatic rings. The average molecular weight is 287 g/mol. The van der Waals surface area contributed by atoms with Crippen LogP contribution >= 0.6 is 0 Å². The van der Waals surface area contributed by atoms with E-state index >= 15 is 0 Å². The third-order valence-corrected chi connectivity index (χ3v) is 3.23. The minimum absolute atomic E-state index is 0.0427. The largest absolute Gasteiger partial charge is 0.481 e. The maximum Gasteiger partial charge on any atom is 0.315 e. The summed E-state index contributed by atoms with van der Waals surface area (Å²) >= 11 is 0. The summed E-state index contributed by atoms with van der Waals surface area (Å²) in [6, 6.07) is -0.256. The Bertz CT molecular complexity index is 328. The molecule has 1 saturated heterocycles. The molecule has 1 aliphatic heterocycles. The summed E-state index contributed by atoms with van der Waals surface area (Å²) in [7, 11) is 0. The Morgan fingerprint density at radius 3 is 2.55 bits per heavy atom. The number of ether oxygens (including phenoxy) is 1. The molecule has 0 spiro atoms. The van der Waals surface area contributed by atoms with Crippen molar-refractivity contribution < 1.29 is 19.4 Å². The first kappa shape index (κ1) is 16.7. The highest BCUT2D eigenvalue weighted by Crippen LogP contribution is 2.10. The van der Waals surface area contributed by atoms with E-state index in [-0.39, 0.29) is 12.5 Å². The number of carboxylic acids is 1. The average Bonchev–Trinajstić information content (AvgIpc) is 2.37. The Labute approximate surface area is 119 Å². The summed E-state index contributed by atoms with van der Waals surface area (Å²) in [6.07, 6.45) is 0.445. The summed E-state index contributed by atoms with van der Waals surface area (Å²) in [5.74, 6) is -0.854. The summed E-state index contributed by atoms with van der Waals surface area (Å²) < 4.78 is 5.25. The van der Waals surface area contributed by atoms with Gasteiger partial charge in [-0.25, -0.2) is 4.79 Å². The van der Waals surface area contributed by atoms with Gasteiger partial charge in [-0.15, -0.1) is 0 Å². The first-order chi connectivity index (χ1) is 9.39. The molecule has 20 heavy (non-hydrogen) atoms. The number of nitrogens with zero attached hydrogens (tertiary/aromatic N) is 1. The maximum atomic E-state index is 11.7. The minimum Gasteiger partial charge on any atom is -0.481 e. The van der Waals surface area contributed by atoms with Gasteiger partial charge in [0.2, 0.25) is 0 Å². The van der Waals surface area contributed by atoms with E-state index < -0.39 is 11.5 Å². The van der Waals surface area contributed by atoms with Crippen molar-refractivity contribution in [2.24, 2.45) is 0 Å². The van der Waals surface area contributed by atoms with Gasteiger partial charge in [-0.1, -0.05) is 0 Å². The van der Waals surface area contributed by atoms with Crippen molar-refractivity contribution in [1.82, 2.24) is 15.5 Å². The number of morpholine rings is 1. The first-order valence-corrected chi connectivity index (χ1v) is 6.97. The summed E-state index contributed by atoms with van der Waals surface area (Å²) in [6.45, 7) is 8.28. The lowest BCUT2D eigenvalue weighted by Gasteiger charge is -2.28. The standard InChI is InChI=1S/C13H25N3O4/c1-13(2,4-3-11(17)18)15-12(19)14-5-6-16-7-9-20-10-8-16/h3-10H2,1-2H3,(H,17,18)(H2,14,15,19). The molecule has 0 unspecified atom stereocenters. The van der Waals surface area contributed by atoms with Crippen molar-refractivity contribution in [3.63, 3.8) is 0 Å². The van der Waals surface area contributed by atoms with Crippen LogP contribution in [0.1, 0.15) is 26.7 Å². The molecule has 0 aromatic heterocycles. The van der Waals surface area contributed by atoms with Gasteiger partial charge in [0, 0.05) is 38.1 Å². The van der Waals surface area contributed by atoms with Gasteiger partial charge in [0.05, 0.1) is 13.2 Å². The van der Waals surface area contributed by atoms with Gasteiger partial charge in [-0.05, 0) is 20.3 Å². The molecule has 0 radical (unpaired) electrons. The van der Waals surface area contributed by atoms with E-state index in [0.29, 0.717) is 13.0 Å². The monoisotopic (exact) mass is 287 g/mol. The molecule has 0 saturated carbocycles. The lowest BCUT2D eigenvalue weighted by Crippen LogP contribution is -2.50. The van der Waals surface area contributed by atoms with Crippen LogP contribution in [-0.2, 0) is 9.53 Å². The highest BCUT2D eigenvalue weighted by molar-refractivity contribution is 5.74. The molecule has 0 aromatic rings. The van der Waals surface area contributed by atoms with Gasteiger partial charge >= 0.3 is 12.0 Å². The van der Waals surface area contributed by atoms with E-state index in [9.17, 15) is 9.59 Å². The lowest BCUT2D eigenvalue weighted by molar-refractivity contribution is -0.137. The fourth-order valence-corrected chi connectivity index (χ4v) is 1.99. The van der Waals surface area contributed by atoms with Gasteiger partial charge in [0.25, 0.3) is 0 Å². The fourth-order valence-electron chi connectivity index (χ4n) is 1.99. The van der Waals surface area contributed by atoms with Crippen LogP contribution in [0, 0.1) is 0 Å². The van der Waals surface area contributed by atoms with E-state index in [1.165, 1.54) is 0 Å². The van der Waals surface area contributed by atoms with Crippen LogP contribution in [-0.4, -0.2) is 66.9 Å². The Balaban J connectivity index is 2.16. The second-order valence-electron chi connectivity index (χ2n) is 5.61. The molecule has 1 heterocycles. The Morgan fingerprint density at radius 2 is 1.95 bits per heavy atom.